The number of nitrogens with one attached hydrogen (secondary N) is 1. The molecule has 0 spiro atoms. The van der Waals surface area contributed by atoms with Gasteiger partial charge in [0.2, 0.25) is 5.91 Å². The maximum absolute atomic E-state index is 12.3. The number of carbonyl (C=O) groups is 1. The summed E-state index contributed by atoms with van der Waals surface area (Å²) >= 11 is 0. The van der Waals surface area contributed by atoms with E-state index in [1.54, 1.807) is 6.08 Å². The highest BCUT2D eigenvalue weighted by Crippen LogP contribution is 2.12. The van der Waals surface area contributed by atoms with Gasteiger partial charge in [-0.05, 0) is 64.2 Å². The Hall–Kier alpha value is -1.91. The van der Waals surface area contributed by atoms with Crippen LogP contribution in [0.3, 0.4) is 0 Å². The van der Waals surface area contributed by atoms with Crippen LogP contribution in [0.25, 0.3) is 0 Å². The average Bonchev–Trinajstić information content (AvgIpc) is 2.99. The lowest BCUT2D eigenvalue weighted by Gasteiger charge is -2.19. The zero-order valence-corrected chi connectivity index (χ0v) is 27.5. The molecular formula is C38H67NO3. The Morgan fingerprint density at radius 3 is 1.57 bits per heavy atom. The maximum atomic E-state index is 12.3. The van der Waals surface area contributed by atoms with Crippen molar-refractivity contribution in [2.45, 2.75) is 167 Å². The second-order valence-electron chi connectivity index (χ2n) is 11.6. The Bertz CT molecular complexity index is 722. The molecule has 0 aromatic rings. The van der Waals surface area contributed by atoms with Crippen LogP contribution in [-0.2, 0) is 4.79 Å². The van der Waals surface area contributed by atoms with E-state index in [1.807, 2.05) is 6.08 Å². The van der Waals surface area contributed by atoms with Crippen molar-refractivity contribution < 1.29 is 15.0 Å². The van der Waals surface area contributed by atoms with E-state index in [4.69, 9.17) is 0 Å². The lowest BCUT2D eigenvalue weighted by molar-refractivity contribution is -0.123. The molecule has 0 aromatic carbocycles. The molecule has 0 bridgehead atoms. The molecule has 4 nitrogen and oxygen atoms in total. The van der Waals surface area contributed by atoms with Crippen LogP contribution in [0.15, 0.2) is 60.8 Å². The van der Waals surface area contributed by atoms with Crippen molar-refractivity contribution >= 4 is 5.91 Å². The Morgan fingerprint density at radius 1 is 0.571 bits per heavy atom. The molecule has 0 aliphatic heterocycles. The van der Waals surface area contributed by atoms with E-state index < -0.39 is 12.1 Å². The molecule has 1 amide bonds. The van der Waals surface area contributed by atoms with Crippen LogP contribution in [0.4, 0.5) is 0 Å². The lowest BCUT2D eigenvalue weighted by Crippen LogP contribution is -2.45. The van der Waals surface area contributed by atoms with Gasteiger partial charge in [-0.1, -0.05) is 145 Å². The summed E-state index contributed by atoms with van der Waals surface area (Å²) in [7, 11) is 0. The minimum absolute atomic E-state index is 0.0877. The number of aliphatic hydroxyl groups excluding tert-OH is 2. The summed E-state index contributed by atoms with van der Waals surface area (Å²) in [6, 6.07) is -0.646. The number of rotatable bonds is 30. The van der Waals surface area contributed by atoms with Gasteiger partial charge >= 0.3 is 0 Å². The molecule has 0 rings (SSSR count). The van der Waals surface area contributed by atoms with Gasteiger partial charge in [-0.2, -0.15) is 0 Å². The average molecular weight is 586 g/mol. The molecule has 242 valence electrons. The number of unbranched alkanes of at least 4 members (excludes halogenated alkanes) is 16. The SMILES string of the molecule is CCC/C=C/CC/C=C/CC/C=C/C(O)C(CO)NC(=O)CCCCCCCCCCCC/C=C\C=C/CCCCC. The van der Waals surface area contributed by atoms with Gasteiger partial charge in [0.1, 0.15) is 0 Å². The molecule has 0 saturated heterocycles. The third-order valence-corrected chi connectivity index (χ3v) is 7.46. The van der Waals surface area contributed by atoms with Gasteiger partial charge in [0.05, 0.1) is 18.8 Å². The normalized spacial score (nSPS) is 13.9. The van der Waals surface area contributed by atoms with E-state index >= 15 is 0 Å². The summed E-state index contributed by atoms with van der Waals surface area (Å²) in [5.41, 5.74) is 0. The topological polar surface area (TPSA) is 69.6 Å². The molecule has 0 fully saturated rings. The molecular weight excluding hydrogens is 518 g/mol. The molecule has 0 radical (unpaired) electrons. The van der Waals surface area contributed by atoms with Gasteiger partial charge in [0.25, 0.3) is 0 Å². The second kappa shape index (κ2) is 33.6. The summed E-state index contributed by atoms with van der Waals surface area (Å²) in [5.74, 6) is -0.0877. The smallest absolute Gasteiger partial charge is 0.220 e. The highest BCUT2D eigenvalue weighted by Gasteiger charge is 2.17. The van der Waals surface area contributed by atoms with Gasteiger partial charge < -0.3 is 15.5 Å². The first-order valence-corrected chi connectivity index (χ1v) is 17.5. The van der Waals surface area contributed by atoms with Crippen LogP contribution in [0.1, 0.15) is 155 Å². The van der Waals surface area contributed by atoms with Crippen molar-refractivity contribution in [3.8, 4) is 0 Å². The van der Waals surface area contributed by atoms with E-state index in [9.17, 15) is 15.0 Å². The quantitative estimate of drug-likeness (QED) is 0.0446. The first kappa shape index (κ1) is 40.1. The van der Waals surface area contributed by atoms with Gasteiger partial charge in [0.15, 0.2) is 0 Å². The molecule has 0 saturated carbocycles. The van der Waals surface area contributed by atoms with E-state index in [1.165, 1.54) is 89.9 Å². The Morgan fingerprint density at radius 2 is 1.05 bits per heavy atom. The number of carbonyl (C=O) groups excluding carboxylic acids is 1. The van der Waals surface area contributed by atoms with Crippen LogP contribution < -0.4 is 5.32 Å². The van der Waals surface area contributed by atoms with E-state index in [2.05, 4.69) is 67.8 Å². The van der Waals surface area contributed by atoms with Crippen LogP contribution in [0, 0.1) is 0 Å². The number of hydrogen-bond acceptors (Lipinski definition) is 3. The molecule has 3 N–H and O–H groups in total. The number of aliphatic hydroxyl groups is 2. The summed E-state index contributed by atoms with van der Waals surface area (Å²) < 4.78 is 0. The zero-order chi connectivity index (χ0) is 30.8. The molecule has 0 aliphatic rings. The molecule has 4 heteroatoms. The Kier molecular flexibility index (Phi) is 32.1. The van der Waals surface area contributed by atoms with Crippen molar-refractivity contribution in [1.29, 1.82) is 0 Å². The fourth-order valence-electron chi connectivity index (χ4n) is 4.73. The van der Waals surface area contributed by atoms with Gasteiger partial charge in [-0.15, -0.1) is 0 Å². The fraction of sp³-hybridized carbons (Fsp3) is 0.711. The van der Waals surface area contributed by atoms with Crippen LogP contribution in [-0.4, -0.2) is 34.9 Å². The molecule has 0 aromatic heterocycles. The third kappa shape index (κ3) is 29.6. The lowest BCUT2D eigenvalue weighted by atomic mass is 10.0. The van der Waals surface area contributed by atoms with E-state index in [-0.39, 0.29) is 12.5 Å². The number of allylic oxidation sites excluding steroid dienone is 9. The van der Waals surface area contributed by atoms with Crippen molar-refractivity contribution in [3.63, 3.8) is 0 Å². The Balaban J connectivity index is 3.68. The molecule has 2 atom stereocenters. The summed E-state index contributed by atoms with van der Waals surface area (Å²) in [5, 5.41) is 22.8. The third-order valence-electron chi connectivity index (χ3n) is 7.46. The van der Waals surface area contributed by atoms with E-state index in [0.717, 1.165) is 44.9 Å². The van der Waals surface area contributed by atoms with Crippen molar-refractivity contribution in [2.75, 3.05) is 6.61 Å². The van der Waals surface area contributed by atoms with Crippen molar-refractivity contribution in [3.05, 3.63) is 60.8 Å². The largest absolute Gasteiger partial charge is 0.394 e. The zero-order valence-electron chi connectivity index (χ0n) is 27.5. The maximum Gasteiger partial charge on any atom is 0.220 e. The van der Waals surface area contributed by atoms with Gasteiger partial charge in [-0.3, -0.25) is 4.79 Å². The fourth-order valence-corrected chi connectivity index (χ4v) is 4.73. The van der Waals surface area contributed by atoms with Crippen molar-refractivity contribution in [2.24, 2.45) is 0 Å². The predicted molar refractivity (Wildman–Crippen MR) is 184 cm³/mol. The highest BCUT2D eigenvalue weighted by atomic mass is 16.3. The van der Waals surface area contributed by atoms with Gasteiger partial charge in [-0.25, -0.2) is 0 Å². The summed E-state index contributed by atoms with van der Waals surface area (Å²) in [6.07, 6.45) is 45.9. The molecule has 42 heavy (non-hydrogen) atoms. The van der Waals surface area contributed by atoms with E-state index in [0.29, 0.717) is 6.42 Å². The molecule has 0 heterocycles. The Labute approximate surface area is 260 Å². The summed E-state index contributed by atoms with van der Waals surface area (Å²) in [6.45, 7) is 4.17. The first-order valence-electron chi connectivity index (χ1n) is 17.5. The predicted octanol–water partition coefficient (Wildman–Crippen LogP) is 10.2. The monoisotopic (exact) mass is 586 g/mol. The number of amides is 1. The number of hydrogen-bond donors (Lipinski definition) is 3. The second-order valence-corrected chi connectivity index (χ2v) is 11.6. The van der Waals surface area contributed by atoms with Gasteiger partial charge in [0, 0.05) is 6.42 Å². The van der Waals surface area contributed by atoms with Crippen LogP contribution in [0.5, 0.6) is 0 Å². The highest BCUT2D eigenvalue weighted by molar-refractivity contribution is 5.76. The van der Waals surface area contributed by atoms with Crippen LogP contribution >= 0.6 is 0 Å². The minimum Gasteiger partial charge on any atom is -0.394 e. The summed E-state index contributed by atoms with van der Waals surface area (Å²) in [4.78, 5) is 12.3. The standard InChI is InChI=1S/C38H67NO3/c1-3-5-7-9-11-13-15-16-17-18-19-20-21-22-24-26-28-30-32-34-38(42)39-36(35-40)37(41)33-31-29-27-25-23-14-12-10-8-6-4-2/h8,10-11,13,15-16,23,25,31,33,36-37,40-41H,3-7,9,12,14,17-22,24,26-30,32,34-35H2,1-2H3,(H,39,42)/b10-8+,13-11-,16-15-,25-23+,33-31+. The first-order chi connectivity index (χ1) is 20.7. The van der Waals surface area contributed by atoms with Crippen LogP contribution in [0.2, 0.25) is 0 Å². The minimum atomic E-state index is -0.870. The van der Waals surface area contributed by atoms with Crippen molar-refractivity contribution in [1.82, 2.24) is 5.32 Å². The molecule has 2 unspecified atom stereocenters. The molecule has 0 aliphatic carbocycles.